The molecule has 0 bridgehead atoms. The standard InChI is InChI=1S/C12H19N3O2/c1-3-12(14,8-16)9(2)17-11(13)10-6-4-5-7-15-10/h4-7,9,13,16H,3,8,14H2,1-2H3. The molecule has 0 spiro atoms. The number of nitrogens with two attached hydrogens (primary N) is 1. The molecule has 94 valence electrons. The van der Waals surface area contributed by atoms with Crippen molar-refractivity contribution in [2.24, 2.45) is 5.73 Å². The number of hydrogen-bond acceptors (Lipinski definition) is 5. The van der Waals surface area contributed by atoms with Gasteiger partial charge in [0.15, 0.2) is 0 Å². The van der Waals surface area contributed by atoms with Crippen LogP contribution in [0.5, 0.6) is 0 Å². The second-order valence-electron chi connectivity index (χ2n) is 4.05. The van der Waals surface area contributed by atoms with Crippen LogP contribution in [0.1, 0.15) is 26.0 Å². The molecule has 0 amide bonds. The summed E-state index contributed by atoms with van der Waals surface area (Å²) in [7, 11) is 0. The number of rotatable bonds is 5. The molecule has 0 saturated carbocycles. The summed E-state index contributed by atoms with van der Waals surface area (Å²) in [6, 6.07) is 5.25. The number of aromatic nitrogens is 1. The predicted molar refractivity (Wildman–Crippen MR) is 65.9 cm³/mol. The van der Waals surface area contributed by atoms with E-state index in [1.165, 1.54) is 0 Å². The molecular formula is C12H19N3O2. The van der Waals surface area contributed by atoms with Crippen LogP contribution in [0.2, 0.25) is 0 Å². The van der Waals surface area contributed by atoms with Crippen LogP contribution in [0.15, 0.2) is 24.4 Å². The van der Waals surface area contributed by atoms with Crippen molar-refractivity contribution in [3.63, 3.8) is 0 Å². The van der Waals surface area contributed by atoms with Crippen molar-refractivity contribution in [2.75, 3.05) is 6.61 Å². The predicted octanol–water partition coefficient (Wildman–Crippen LogP) is 0.912. The molecule has 5 nitrogen and oxygen atoms in total. The molecule has 2 unspecified atom stereocenters. The summed E-state index contributed by atoms with van der Waals surface area (Å²) in [6.07, 6.45) is 1.71. The smallest absolute Gasteiger partial charge is 0.232 e. The molecule has 0 aliphatic heterocycles. The average molecular weight is 237 g/mol. The van der Waals surface area contributed by atoms with Crippen molar-refractivity contribution in [3.8, 4) is 0 Å². The summed E-state index contributed by atoms with van der Waals surface area (Å²) in [6.45, 7) is 3.44. The number of hydrogen-bond donors (Lipinski definition) is 3. The molecule has 0 fully saturated rings. The normalized spacial score (nSPS) is 16.0. The molecule has 1 aromatic heterocycles. The van der Waals surface area contributed by atoms with Crippen LogP contribution in [0.25, 0.3) is 0 Å². The highest BCUT2D eigenvalue weighted by Crippen LogP contribution is 2.15. The largest absolute Gasteiger partial charge is 0.471 e. The third-order valence-corrected chi connectivity index (χ3v) is 2.95. The van der Waals surface area contributed by atoms with E-state index in [1.807, 2.05) is 6.92 Å². The Hall–Kier alpha value is -1.46. The molecule has 4 N–H and O–H groups in total. The SMILES string of the molecule is CCC(N)(CO)C(C)OC(=N)c1ccccn1. The minimum atomic E-state index is -0.832. The minimum absolute atomic E-state index is 0.0326. The van der Waals surface area contributed by atoms with E-state index in [9.17, 15) is 5.11 Å². The fourth-order valence-corrected chi connectivity index (χ4v) is 1.38. The Kier molecular flexibility index (Phi) is 4.60. The number of ether oxygens (including phenoxy) is 1. The van der Waals surface area contributed by atoms with Crippen molar-refractivity contribution in [2.45, 2.75) is 31.9 Å². The van der Waals surface area contributed by atoms with Gasteiger partial charge in [-0.2, -0.15) is 0 Å². The molecule has 0 saturated heterocycles. The van der Waals surface area contributed by atoms with Crippen LogP contribution in [0.4, 0.5) is 0 Å². The van der Waals surface area contributed by atoms with Gasteiger partial charge < -0.3 is 15.6 Å². The zero-order valence-electron chi connectivity index (χ0n) is 10.2. The van der Waals surface area contributed by atoms with Gasteiger partial charge in [-0.1, -0.05) is 13.0 Å². The molecule has 2 atom stereocenters. The highest BCUT2D eigenvalue weighted by atomic mass is 16.5. The van der Waals surface area contributed by atoms with Crippen LogP contribution in [0, 0.1) is 5.41 Å². The Morgan fingerprint density at radius 1 is 1.65 bits per heavy atom. The van der Waals surface area contributed by atoms with Crippen molar-refractivity contribution >= 4 is 5.90 Å². The van der Waals surface area contributed by atoms with Gasteiger partial charge in [0.05, 0.1) is 12.1 Å². The maximum Gasteiger partial charge on any atom is 0.232 e. The molecule has 1 heterocycles. The van der Waals surface area contributed by atoms with Gasteiger partial charge in [0.2, 0.25) is 5.90 Å². The first kappa shape index (κ1) is 13.6. The number of aliphatic hydroxyl groups is 1. The maximum atomic E-state index is 9.25. The van der Waals surface area contributed by atoms with E-state index in [4.69, 9.17) is 15.9 Å². The summed E-state index contributed by atoms with van der Waals surface area (Å²) < 4.78 is 5.42. The number of pyridine rings is 1. The zero-order chi connectivity index (χ0) is 12.9. The first-order valence-corrected chi connectivity index (χ1v) is 5.60. The third kappa shape index (κ3) is 3.25. The Morgan fingerprint density at radius 2 is 2.35 bits per heavy atom. The molecule has 1 aromatic rings. The van der Waals surface area contributed by atoms with Gasteiger partial charge in [0, 0.05) is 6.20 Å². The summed E-state index contributed by atoms with van der Waals surface area (Å²) >= 11 is 0. The molecule has 5 heteroatoms. The van der Waals surface area contributed by atoms with Gasteiger partial charge in [-0.25, -0.2) is 0 Å². The molecule has 0 aliphatic carbocycles. The van der Waals surface area contributed by atoms with Gasteiger partial charge in [-0.3, -0.25) is 10.4 Å². The number of nitrogens with zero attached hydrogens (tertiary/aromatic N) is 1. The van der Waals surface area contributed by atoms with E-state index < -0.39 is 11.6 Å². The molecule has 17 heavy (non-hydrogen) atoms. The Bertz CT molecular complexity index is 363. The molecular weight excluding hydrogens is 218 g/mol. The molecule has 0 radical (unpaired) electrons. The maximum absolute atomic E-state index is 9.25. The second-order valence-corrected chi connectivity index (χ2v) is 4.05. The summed E-state index contributed by atoms with van der Waals surface area (Å²) in [5.74, 6) is -0.0326. The summed E-state index contributed by atoms with van der Waals surface area (Å²) in [4.78, 5) is 4.01. The molecule has 0 aliphatic rings. The highest BCUT2D eigenvalue weighted by molar-refractivity contribution is 5.89. The van der Waals surface area contributed by atoms with Gasteiger partial charge in [0.25, 0.3) is 0 Å². The molecule has 0 aromatic carbocycles. The zero-order valence-corrected chi connectivity index (χ0v) is 10.2. The molecule has 1 rings (SSSR count). The summed E-state index contributed by atoms with van der Waals surface area (Å²) in [5.41, 5.74) is 5.60. The van der Waals surface area contributed by atoms with Crippen LogP contribution in [-0.4, -0.2) is 34.2 Å². The quantitative estimate of drug-likeness (QED) is 0.524. The van der Waals surface area contributed by atoms with Crippen molar-refractivity contribution in [1.82, 2.24) is 4.98 Å². The van der Waals surface area contributed by atoms with E-state index in [0.29, 0.717) is 12.1 Å². The lowest BCUT2D eigenvalue weighted by Gasteiger charge is -2.32. The van der Waals surface area contributed by atoms with Crippen molar-refractivity contribution in [1.29, 1.82) is 5.41 Å². The second kappa shape index (κ2) is 5.75. The monoisotopic (exact) mass is 237 g/mol. The Morgan fingerprint density at radius 3 is 2.82 bits per heavy atom. The first-order valence-electron chi connectivity index (χ1n) is 5.60. The fraction of sp³-hybridized carbons (Fsp3) is 0.500. The van der Waals surface area contributed by atoms with E-state index in [-0.39, 0.29) is 12.5 Å². The lowest BCUT2D eigenvalue weighted by atomic mass is 9.92. The van der Waals surface area contributed by atoms with Gasteiger partial charge in [-0.15, -0.1) is 0 Å². The average Bonchev–Trinajstić information content (AvgIpc) is 2.38. The third-order valence-electron chi connectivity index (χ3n) is 2.95. The van der Waals surface area contributed by atoms with E-state index >= 15 is 0 Å². The summed E-state index contributed by atoms with van der Waals surface area (Å²) in [5, 5.41) is 17.0. The van der Waals surface area contributed by atoms with Crippen LogP contribution >= 0.6 is 0 Å². The first-order chi connectivity index (χ1) is 8.03. The highest BCUT2D eigenvalue weighted by Gasteiger charge is 2.31. The van der Waals surface area contributed by atoms with Gasteiger partial charge in [0.1, 0.15) is 11.8 Å². The van der Waals surface area contributed by atoms with Crippen LogP contribution in [-0.2, 0) is 4.74 Å². The van der Waals surface area contributed by atoms with Crippen LogP contribution < -0.4 is 5.73 Å². The number of aliphatic hydroxyl groups excluding tert-OH is 1. The van der Waals surface area contributed by atoms with Crippen molar-refractivity contribution < 1.29 is 9.84 Å². The van der Waals surface area contributed by atoms with E-state index in [0.717, 1.165) is 0 Å². The van der Waals surface area contributed by atoms with Crippen molar-refractivity contribution in [3.05, 3.63) is 30.1 Å². The number of nitrogens with one attached hydrogen (secondary N) is 1. The van der Waals surface area contributed by atoms with Gasteiger partial charge >= 0.3 is 0 Å². The fourth-order valence-electron chi connectivity index (χ4n) is 1.38. The Labute approximate surface area is 101 Å². The minimum Gasteiger partial charge on any atom is -0.471 e. The van der Waals surface area contributed by atoms with Gasteiger partial charge in [-0.05, 0) is 25.5 Å². The lowest BCUT2D eigenvalue weighted by molar-refractivity contribution is 0.0616. The van der Waals surface area contributed by atoms with E-state index in [1.54, 1.807) is 31.3 Å². The Balaban J connectivity index is 2.69. The topological polar surface area (TPSA) is 92.2 Å². The van der Waals surface area contributed by atoms with E-state index in [2.05, 4.69) is 4.98 Å². The lowest BCUT2D eigenvalue weighted by Crippen LogP contribution is -2.53. The van der Waals surface area contributed by atoms with Crippen LogP contribution in [0.3, 0.4) is 0 Å².